The first-order valence-corrected chi connectivity index (χ1v) is 11.4. The molecule has 0 saturated carbocycles. The van der Waals surface area contributed by atoms with Crippen LogP contribution in [0.25, 0.3) is 0 Å². The predicted molar refractivity (Wildman–Crippen MR) is 121 cm³/mol. The molecule has 0 aromatic heterocycles. The molecule has 0 aliphatic heterocycles. The number of carbonyl (C=O) groups is 1. The zero-order valence-corrected chi connectivity index (χ0v) is 18.0. The number of hydrogen-bond donors (Lipinski definition) is 1. The summed E-state index contributed by atoms with van der Waals surface area (Å²) in [4.78, 5) is 13.1. The van der Waals surface area contributed by atoms with Gasteiger partial charge in [0.2, 0.25) is 5.91 Å². The Morgan fingerprint density at radius 3 is 2.03 bits per heavy atom. The van der Waals surface area contributed by atoms with E-state index in [1.54, 1.807) is 42.5 Å². The fourth-order valence-electron chi connectivity index (χ4n) is 3.34. The summed E-state index contributed by atoms with van der Waals surface area (Å²) >= 11 is 0. The monoisotopic (exact) mass is 422 g/mol. The van der Waals surface area contributed by atoms with Crippen molar-refractivity contribution in [1.82, 2.24) is 0 Å². The lowest BCUT2D eigenvalue weighted by atomic mass is 10.1. The highest BCUT2D eigenvalue weighted by atomic mass is 32.2. The molecule has 0 radical (unpaired) electrons. The highest BCUT2D eigenvalue weighted by molar-refractivity contribution is 7.92. The summed E-state index contributed by atoms with van der Waals surface area (Å²) in [5.41, 5.74) is 3.07. The maximum absolute atomic E-state index is 13.5. The van der Waals surface area contributed by atoms with Gasteiger partial charge in [0.05, 0.1) is 10.6 Å². The molecule has 3 aromatic rings. The second-order valence-corrected chi connectivity index (χ2v) is 8.73. The molecule has 0 spiro atoms. The summed E-state index contributed by atoms with van der Waals surface area (Å²) in [6, 6.07) is 23.0. The molecule has 156 valence electrons. The van der Waals surface area contributed by atoms with Crippen LogP contribution < -0.4 is 9.62 Å². The first-order chi connectivity index (χ1) is 14.5. The van der Waals surface area contributed by atoms with Crippen LogP contribution >= 0.6 is 0 Å². The predicted octanol–water partition coefficient (Wildman–Crippen LogP) is 4.65. The topological polar surface area (TPSA) is 66.5 Å². The SMILES string of the molecule is CCc1ccccc1NC(=O)CN(c1ccccc1CC)S(=O)(=O)c1ccccc1. The molecule has 0 aliphatic carbocycles. The van der Waals surface area contributed by atoms with E-state index in [1.807, 2.05) is 50.2 Å². The first kappa shape index (κ1) is 21.6. The maximum Gasteiger partial charge on any atom is 0.264 e. The fraction of sp³-hybridized carbons (Fsp3) is 0.208. The van der Waals surface area contributed by atoms with Crippen molar-refractivity contribution in [1.29, 1.82) is 0 Å². The Kier molecular flexibility index (Phi) is 6.90. The lowest BCUT2D eigenvalue weighted by Crippen LogP contribution is -2.38. The van der Waals surface area contributed by atoms with Crippen LogP contribution in [0, 0.1) is 0 Å². The number of amides is 1. The summed E-state index contributed by atoms with van der Waals surface area (Å²) < 4.78 is 28.1. The number of para-hydroxylation sites is 2. The number of anilines is 2. The van der Waals surface area contributed by atoms with Crippen molar-refractivity contribution in [3.05, 3.63) is 90.0 Å². The normalized spacial score (nSPS) is 11.1. The van der Waals surface area contributed by atoms with Gasteiger partial charge in [-0.2, -0.15) is 0 Å². The van der Waals surface area contributed by atoms with Crippen molar-refractivity contribution < 1.29 is 13.2 Å². The summed E-state index contributed by atoms with van der Waals surface area (Å²) in [5, 5.41) is 2.88. The van der Waals surface area contributed by atoms with Crippen molar-refractivity contribution in [2.45, 2.75) is 31.6 Å². The molecule has 0 saturated heterocycles. The number of sulfonamides is 1. The molecule has 1 N–H and O–H groups in total. The molecular weight excluding hydrogens is 396 g/mol. The van der Waals surface area contributed by atoms with Gasteiger partial charge in [0.25, 0.3) is 10.0 Å². The molecule has 30 heavy (non-hydrogen) atoms. The number of carbonyl (C=O) groups excluding carboxylic acids is 1. The van der Waals surface area contributed by atoms with Gasteiger partial charge >= 0.3 is 0 Å². The summed E-state index contributed by atoms with van der Waals surface area (Å²) in [5.74, 6) is -0.388. The zero-order valence-electron chi connectivity index (χ0n) is 17.2. The Morgan fingerprint density at radius 1 is 0.800 bits per heavy atom. The van der Waals surface area contributed by atoms with Crippen molar-refractivity contribution >= 4 is 27.3 Å². The van der Waals surface area contributed by atoms with Gasteiger partial charge in [-0.05, 0) is 48.2 Å². The molecule has 3 rings (SSSR count). The molecule has 0 bridgehead atoms. The van der Waals surface area contributed by atoms with E-state index in [-0.39, 0.29) is 17.3 Å². The van der Waals surface area contributed by atoms with Gasteiger partial charge in [0, 0.05) is 5.69 Å². The van der Waals surface area contributed by atoms with Gasteiger partial charge in [-0.1, -0.05) is 68.4 Å². The summed E-state index contributed by atoms with van der Waals surface area (Å²) in [6.45, 7) is 3.66. The van der Waals surface area contributed by atoms with Crippen molar-refractivity contribution in [3.63, 3.8) is 0 Å². The number of rotatable bonds is 8. The lowest BCUT2D eigenvalue weighted by Gasteiger charge is -2.26. The van der Waals surface area contributed by atoms with E-state index in [0.717, 1.165) is 17.5 Å². The fourth-order valence-corrected chi connectivity index (χ4v) is 4.82. The smallest absolute Gasteiger partial charge is 0.264 e. The van der Waals surface area contributed by atoms with Crippen LogP contribution in [0.3, 0.4) is 0 Å². The van der Waals surface area contributed by atoms with E-state index >= 15 is 0 Å². The first-order valence-electron chi connectivity index (χ1n) is 10.0. The van der Waals surface area contributed by atoms with Crippen LogP contribution in [0.1, 0.15) is 25.0 Å². The Bertz CT molecular complexity index is 1110. The van der Waals surface area contributed by atoms with Crippen LogP contribution in [0.4, 0.5) is 11.4 Å². The van der Waals surface area contributed by atoms with E-state index < -0.39 is 10.0 Å². The second kappa shape index (κ2) is 9.59. The van der Waals surface area contributed by atoms with Crippen LogP contribution in [-0.4, -0.2) is 20.9 Å². The van der Waals surface area contributed by atoms with Crippen molar-refractivity contribution in [3.8, 4) is 0 Å². The quantitative estimate of drug-likeness (QED) is 0.575. The van der Waals surface area contributed by atoms with Crippen LogP contribution in [0.5, 0.6) is 0 Å². The largest absolute Gasteiger partial charge is 0.324 e. The Hall–Kier alpha value is -3.12. The molecule has 0 unspecified atom stereocenters. The Labute approximate surface area is 178 Å². The van der Waals surface area contributed by atoms with E-state index in [0.29, 0.717) is 17.8 Å². The van der Waals surface area contributed by atoms with E-state index in [1.165, 1.54) is 4.31 Å². The van der Waals surface area contributed by atoms with Crippen LogP contribution in [0.2, 0.25) is 0 Å². The number of benzene rings is 3. The van der Waals surface area contributed by atoms with Crippen LogP contribution in [0.15, 0.2) is 83.8 Å². The van der Waals surface area contributed by atoms with E-state index in [2.05, 4.69) is 5.32 Å². The minimum Gasteiger partial charge on any atom is -0.324 e. The molecule has 1 amide bonds. The third-order valence-electron chi connectivity index (χ3n) is 4.93. The Balaban J connectivity index is 1.99. The molecule has 3 aromatic carbocycles. The number of aryl methyl sites for hydroxylation is 2. The maximum atomic E-state index is 13.5. The molecule has 5 nitrogen and oxygen atoms in total. The number of nitrogens with one attached hydrogen (secondary N) is 1. The van der Waals surface area contributed by atoms with Gasteiger partial charge < -0.3 is 5.32 Å². The molecule has 0 atom stereocenters. The third-order valence-corrected chi connectivity index (χ3v) is 6.71. The minimum atomic E-state index is -3.92. The number of hydrogen-bond acceptors (Lipinski definition) is 3. The molecule has 0 heterocycles. The summed E-state index contributed by atoms with van der Waals surface area (Å²) in [7, 11) is -3.92. The third kappa shape index (κ3) is 4.71. The highest BCUT2D eigenvalue weighted by Crippen LogP contribution is 2.27. The second-order valence-electron chi connectivity index (χ2n) is 6.87. The average molecular weight is 423 g/mol. The average Bonchev–Trinajstić information content (AvgIpc) is 2.78. The van der Waals surface area contributed by atoms with Gasteiger partial charge in [-0.3, -0.25) is 9.10 Å². The lowest BCUT2D eigenvalue weighted by molar-refractivity contribution is -0.114. The van der Waals surface area contributed by atoms with E-state index in [4.69, 9.17) is 0 Å². The molecular formula is C24H26N2O3S. The zero-order chi connectivity index (χ0) is 21.6. The van der Waals surface area contributed by atoms with E-state index in [9.17, 15) is 13.2 Å². The van der Waals surface area contributed by atoms with Gasteiger partial charge in [-0.25, -0.2) is 8.42 Å². The molecule has 0 fully saturated rings. The summed E-state index contributed by atoms with van der Waals surface area (Å²) in [6.07, 6.45) is 1.42. The molecule has 6 heteroatoms. The Morgan fingerprint density at radius 2 is 1.37 bits per heavy atom. The van der Waals surface area contributed by atoms with Gasteiger partial charge in [-0.15, -0.1) is 0 Å². The van der Waals surface area contributed by atoms with Gasteiger partial charge in [0.1, 0.15) is 6.54 Å². The van der Waals surface area contributed by atoms with Crippen LogP contribution in [-0.2, 0) is 27.7 Å². The molecule has 0 aliphatic rings. The minimum absolute atomic E-state index is 0.151. The van der Waals surface area contributed by atoms with Crippen molar-refractivity contribution in [2.24, 2.45) is 0 Å². The van der Waals surface area contributed by atoms with Crippen molar-refractivity contribution in [2.75, 3.05) is 16.2 Å². The van der Waals surface area contributed by atoms with Gasteiger partial charge in [0.15, 0.2) is 0 Å². The number of nitrogens with zero attached hydrogens (tertiary/aromatic N) is 1. The highest BCUT2D eigenvalue weighted by Gasteiger charge is 2.28. The standard InChI is InChI=1S/C24H26N2O3S/c1-3-19-12-8-10-16-22(19)25-24(27)18-26(23-17-11-9-13-20(23)4-2)30(28,29)21-14-6-5-7-15-21/h5-17H,3-4,18H2,1-2H3,(H,25,27).